The van der Waals surface area contributed by atoms with Crippen LogP contribution in [0.2, 0.25) is 0 Å². The van der Waals surface area contributed by atoms with Crippen LogP contribution in [-0.2, 0) is 6.42 Å². The summed E-state index contributed by atoms with van der Waals surface area (Å²) in [6.07, 6.45) is 6.38. The molecule has 88 valence electrons. The molecule has 2 aromatic carbocycles. The summed E-state index contributed by atoms with van der Waals surface area (Å²) < 4.78 is 0. The second-order valence-corrected chi connectivity index (χ2v) is 4.72. The number of allylic oxidation sites excluding steroid dienone is 2. The summed E-state index contributed by atoms with van der Waals surface area (Å²) >= 11 is 0. The number of benzene rings is 2. The Morgan fingerprint density at radius 1 is 1.00 bits per heavy atom. The van der Waals surface area contributed by atoms with Gasteiger partial charge in [-0.1, -0.05) is 66.3 Å². The van der Waals surface area contributed by atoms with Gasteiger partial charge >= 0.3 is 0 Å². The van der Waals surface area contributed by atoms with Gasteiger partial charge in [-0.2, -0.15) is 0 Å². The maximum atomic E-state index is 3.83. The van der Waals surface area contributed by atoms with Crippen LogP contribution in [0.15, 0.2) is 66.8 Å². The molecular weight excluding hydrogens is 216 g/mol. The SMILES string of the molecule is C=CCC1=Cc2c(cccc2-c2ccccc2)C1. The van der Waals surface area contributed by atoms with Crippen LogP contribution in [0.25, 0.3) is 17.2 Å². The van der Waals surface area contributed by atoms with Crippen molar-refractivity contribution < 1.29 is 0 Å². The van der Waals surface area contributed by atoms with Crippen LogP contribution in [0.3, 0.4) is 0 Å². The monoisotopic (exact) mass is 232 g/mol. The molecule has 0 N–H and O–H groups in total. The zero-order valence-electron chi connectivity index (χ0n) is 10.4. The Labute approximate surface area is 108 Å². The summed E-state index contributed by atoms with van der Waals surface area (Å²) in [6.45, 7) is 3.83. The van der Waals surface area contributed by atoms with Gasteiger partial charge in [0.25, 0.3) is 0 Å². The predicted octanol–water partition coefficient (Wildman–Crippen LogP) is 4.87. The Morgan fingerprint density at radius 2 is 1.83 bits per heavy atom. The highest BCUT2D eigenvalue weighted by molar-refractivity contribution is 5.80. The van der Waals surface area contributed by atoms with E-state index in [0.29, 0.717) is 0 Å². The lowest BCUT2D eigenvalue weighted by atomic mass is 9.97. The molecule has 1 aliphatic carbocycles. The number of fused-ring (bicyclic) bond motifs is 1. The summed E-state index contributed by atoms with van der Waals surface area (Å²) in [5.41, 5.74) is 6.93. The molecular formula is C18H16. The maximum Gasteiger partial charge on any atom is -0.00545 e. The average Bonchev–Trinajstić information content (AvgIpc) is 2.82. The third-order valence-corrected chi connectivity index (χ3v) is 3.45. The van der Waals surface area contributed by atoms with Crippen molar-refractivity contribution in [3.8, 4) is 11.1 Å². The van der Waals surface area contributed by atoms with Gasteiger partial charge in [0.2, 0.25) is 0 Å². The summed E-state index contributed by atoms with van der Waals surface area (Å²) in [6, 6.07) is 17.2. The van der Waals surface area contributed by atoms with E-state index in [-0.39, 0.29) is 0 Å². The molecule has 0 saturated heterocycles. The average molecular weight is 232 g/mol. The second-order valence-electron chi connectivity index (χ2n) is 4.72. The molecule has 0 amide bonds. The van der Waals surface area contributed by atoms with Crippen molar-refractivity contribution >= 4 is 6.08 Å². The van der Waals surface area contributed by atoms with Gasteiger partial charge in [0.05, 0.1) is 0 Å². The minimum absolute atomic E-state index is 0.989. The molecule has 0 fully saturated rings. The zero-order valence-corrected chi connectivity index (χ0v) is 10.4. The molecule has 0 spiro atoms. The molecule has 0 aliphatic heterocycles. The molecule has 0 bridgehead atoms. The summed E-state index contributed by atoms with van der Waals surface area (Å²) in [7, 11) is 0. The molecule has 0 radical (unpaired) electrons. The summed E-state index contributed by atoms with van der Waals surface area (Å²) in [4.78, 5) is 0. The van der Waals surface area contributed by atoms with E-state index in [1.807, 2.05) is 6.08 Å². The Bertz CT molecular complexity index is 603. The molecule has 0 aromatic heterocycles. The third kappa shape index (κ3) is 1.91. The van der Waals surface area contributed by atoms with E-state index in [1.165, 1.54) is 27.8 Å². The quantitative estimate of drug-likeness (QED) is 0.662. The van der Waals surface area contributed by atoms with Gasteiger partial charge in [-0.3, -0.25) is 0 Å². The van der Waals surface area contributed by atoms with E-state index in [0.717, 1.165) is 12.8 Å². The molecule has 0 unspecified atom stereocenters. The first-order chi connectivity index (χ1) is 8.88. The molecule has 0 nitrogen and oxygen atoms in total. The lowest BCUT2D eigenvalue weighted by Crippen LogP contribution is -1.87. The highest BCUT2D eigenvalue weighted by Gasteiger charge is 2.15. The largest absolute Gasteiger partial charge is 0.103 e. The smallest absolute Gasteiger partial charge is 0.00545 e. The van der Waals surface area contributed by atoms with Crippen molar-refractivity contribution in [3.05, 3.63) is 77.9 Å². The topological polar surface area (TPSA) is 0 Å². The fraction of sp³-hybridized carbons (Fsp3) is 0.111. The van der Waals surface area contributed by atoms with E-state index < -0.39 is 0 Å². The second kappa shape index (κ2) is 4.66. The van der Waals surface area contributed by atoms with Gasteiger partial charge < -0.3 is 0 Å². The Morgan fingerprint density at radius 3 is 2.61 bits per heavy atom. The van der Waals surface area contributed by atoms with Crippen molar-refractivity contribution in [3.63, 3.8) is 0 Å². The van der Waals surface area contributed by atoms with Crippen molar-refractivity contribution in [2.24, 2.45) is 0 Å². The molecule has 0 heterocycles. The first-order valence-corrected chi connectivity index (χ1v) is 6.36. The predicted molar refractivity (Wildman–Crippen MR) is 78.4 cm³/mol. The maximum absolute atomic E-state index is 3.83. The zero-order chi connectivity index (χ0) is 12.4. The van der Waals surface area contributed by atoms with E-state index in [9.17, 15) is 0 Å². The van der Waals surface area contributed by atoms with Gasteiger partial charge in [0, 0.05) is 0 Å². The van der Waals surface area contributed by atoms with Crippen molar-refractivity contribution in [1.82, 2.24) is 0 Å². The Balaban J connectivity index is 2.09. The van der Waals surface area contributed by atoms with E-state index in [4.69, 9.17) is 0 Å². The van der Waals surface area contributed by atoms with Gasteiger partial charge in [0.15, 0.2) is 0 Å². The van der Waals surface area contributed by atoms with Gasteiger partial charge in [-0.15, -0.1) is 6.58 Å². The number of hydrogen-bond donors (Lipinski definition) is 0. The van der Waals surface area contributed by atoms with Crippen LogP contribution in [0, 0.1) is 0 Å². The van der Waals surface area contributed by atoms with E-state index >= 15 is 0 Å². The third-order valence-electron chi connectivity index (χ3n) is 3.45. The summed E-state index contributed by atoms with van der Waals surface area (Å²) in [5, 5.41) is 0. The molecule has 3 rings (SSSR count). The highest BCUT2D eigenvalue weighted by Crippen LogP contribution is 2.34. The first kappa shape index (κ1) is 11.0. The van der Waals surface area contributed by atoms with Crippen LogP contribution in [0.4, 0.5) is 0 Å². The van der Waals surface area contributed by atoms with Crippen LogP contribution in [0.1, 0.15) is 17.5 Å². The molecule has 0 heteroatoms. The Kier molecular flexibility index (Phi) is 2.85. The number of hydrogen-bond acceptors (Lipinski definition) is 0. The number of rotatable bonds is 3. The van der Waals surface area contributed by atoms with Crippen molar-refractivity contribution in [2.45, 2.75) is 12.8 Å². The molecule has 0 saturated carbocycles. The van der Waals surface area contributed by atoms with Gasteiger partial charge in [-0.25, -0.2) is 0 Å². The van der Waals surface area contributed by atoms with Crippen LogP contribution < -0.4 is 0 Å². The Hall–Kier alpha value is -2.08. The summed E-state index contributed by atoms with van der Waals surface area (Å²) in [5.74, 6) is 0. The fourth-order valence-corrected chi connectivity index (χ4v) is 2.62. The lowest BCUT2D eigenvalue weighted by Gasteiger charge is -2.07. The molecule has 0 atom stereocenters. The molecule has 2 aromatic rings. The minimum atomic E-state index is 0.989. The van der Waals surface area contributed by atoms with Crippen molar-refractivity contribution in [2.75, 3.05) is 0 Å². The molecule has 18 heavy (non-hydrogen) atoms. The van der Waals surface area contributed by atoms with E-state index in [1.54, 1.807) is 0 Å². The standard InChI is InChI=1S/C18H16/c1-2-7-14-12-16-10-6-11-17(18(16)13-14)15-8-4-3-5-9-15/h2-6,8-11,13H,1,7,12H2. The first-order valence-electron chi connectivity index (χ1n) is 6.36. The van der Waals surface area contributed by atoms with Crippen LogP contribution in [0.5, 0.6) is 0 Å². The highest BCUT2D eigenvalue weighted by atomic mass is 14.2. The van der Waals surface area contributed by atoms with Gasteiger partial charge in [0.1, 0.15) is 0 Å². The lowest BCUT2D eigenvalue weighted by molar-refractivity contribution is 1.11. The van der Waals surface area contributed by atoms with Gasteiger partial charge in [-0.05, 0) is 35.1 Å². The van der Waals surface area contributed by atoms with Crippen LogP contribution >= 0.6 is 0 Å². The fourth-order valence-electron chi connectivity index (χ4n) is 2.62. The van der Waals surface area contributed by atoms with E-state index in [2.05, 4.69) is 61.2 Å². The minimum Gasteiger partial charge on any atom is -0.103 e. The van der Waals surface area contributed by atoms with Crippen LogP contribution in [-0.4, -0.2) is 0 Å². The normalized spacial score (nSPS) is 13.0. The van der Waals surface area contributed by atoms with Crippen molar-refractivity contribution in [1.29, 1.82) is 0 Å². The molecule has 1 aliphatic rings.